The second-order valence-corrected chi connectivity index (χ2v) is 7.04. The molecule has 0 atom stereocenters. The van der Waals surface area contributed by atoms with Crippen LogP contribution in [0.2, 0.25) is 0 Å². The fraction of sp³-hybridized carbons (Fsp3) is 0.294. The molecule has 2 aromatic heterocycles. The number of nitrogens with zero attached hydrogens (tertiary/aromatic N) is 5. The highest BCUT2D eigenvalue weighted by atomic mass is 127. The quantitative estimate of drug-likeness (QED) is 0.586. The third-order valence-corrected chi connectivity index (χ3v) is 4.77. The summed E-state index contributed by atoms with van der Waals surface area (Å²) < 4.78 is 4.58. The molecule has 0 bridgehead atoms. The predicted octanol–water partition coefficient (Wildman–Crippen LogP) is 2.77. The highest BCUT2D eigenvalue weighted by Crippen LogP contribution is 2.09. The average molecular weight is 450 g/mol. The van der Waals surface area contributed by atoms with Gasteiger partial charge in [0.1, 0.15) is 6.33 Å². The number of anilines is 1. The molecule has 1 N–H and O–H groups in total. The number of benzene rings is 1. The number of halogens is 1. The fourth-order valence-electron chi connectivity index (χ4n) is 2.32. The van der Waals surface area contributed by atoms with Crippen molar-refractivity contribution < 1.29 is 4.79 Å². The Morgan fingerprint density at radius 2 is 1.92 bits per heavy atom. The van der Waals surface area contributed by atoms with Crippen LogP contribution in [0.25, 0.3) is 0 Å². The van der Waals surface area contributed by atoms with Crippen LogP contribution in [0.5, 0.6) is 0 Å². The Bertz CT molecular complexity index is 848. The van der Waals surface area contributed by atoms with Crippen LogP contribution < -0.4 is 5.32 Å². The molecular weight excluding hydrogens is 431 g/mol. The van der Waals surface area contributed by atoms with Crippen molar-refractivity contribution in [2.75, 3.05) is 5.32 Å². The second-order valence-electron chi connectivity index (χ2n) is 5.88. The first kappa shape index (κ1) is 17.6. The van der Waals surface area contributed by atoms with Crippen molar-refractivity contribution in [2.24, 2.45) is 0 Å². The van der Waals surface area contributed by atoms with Gasteiger partial charge in [0, 0.05) is 19.2 Å². The van der Waals surface area contributed by atoms with Crippen molar-refractivity contribution in [2.45, 2.75) is 33.4 Å². The lowest BCUT2D eigenvalue weighted by molar-refractivity contribution is -0.116. The molecule has 1 amide bonds. The van der Waals surface area contributed by atoms with Gasteiger partial charge in [-0.1, -0.05) is 29.8 Å². The number of aromatic nitrogens is 5. The summed E-state index contributed by atoms with van der Waals surface area (Å²) >= 11 is 2.23. The fourth-order valence-corrected chi connectivity index (χ4v) is 2.75. The molecule has 0 fully saturated rings. The monoisotopic (exact) mass is 450 g/mol. The smallest absolute Gasteiger partial charge is 0.248 e. The first-order chi connectivity index (χ1) is 12.0. The van der Waals surface area contributed by atoms with Gasteiger partial charge in [0.25, 0.3) is 0 Å². The third-order valence-electron chi connectivity index (χ3n) is 3.71. The summed E-state index contributed by atoms with van der Waals surface area (Å²) in [6.45, 7) is 5.15. The maximum Gasteiger partial charge on any atom is 0.248 e. The molecule has 0 aliphatic carbocycles. The highest BCUT2D eigenvalue weighted by molar-refractivity contribution is 14.1. The van der Waals surface area contributed by atoms with E-state index in [2.05, 4.69) is 74.3 Å². The largest absolute Gasteiger partial charge is 0.293 e. The minimum atomic E-state index is -0.128. The van der Waals surface area contributed by atoms with E-state index >= 15 is 0 Å². The van der Waals surface area contributed by atoms with E-state index < -0.39 is 0 Å². The number of rotatable bonds is 6. The van der Waals surface area contributed by atoms with Gasteiger partial charge in [0.05, 0.1) is 15.8 Å². The first-order valence-electron chi connectivity index (χ1n) is 7.94. The van der Waals surface area contributed by atoms with Gasteiger partial charge in [-0.25, -0.2) is 9.67 Å². The summed E-state index contributed by atoms with van der Waals surface area (Å²) in [5, 5.41) is 11.4. The minimum absolute atomic E-state index is 0.128. The van der Waals surface area contributed by atoms with Crippen molar-refractivity contribution >= 4 is 34.4 Å². The van der Waals surface area contributed by atoms with Crippen LogP contribution >= 0.6 is 22.6 Å². The number of aryl methyl sites for hydroxylation is 3. The number of nitrogens with one attached hydrogen (secondary N) is 1. The minimum Gasteiger partial charge on any atom is -0.293 e. The molecule has 130 valence electrons. The Balaban J connectivity index is 1.51. The highest BCUT2D eigenvalue weighted by Gasteiger charge is 2.08. The van der Waals surface area contributed by atoms with E-state index in [0.29, 0.717) is 25.5 Å². The Labute approximate surface area is 159 Å². The van der Waals surface area contributed by atoms with E-state index in [1.807, 2.05) is 13.1 Å². The number of hydrogen-bond acceptors (Lipinski definition) is 4. The van der Waals surface area contributed by atoms with Gasteiger partial charge in [-0.05, 0) is 42.0 Å². The van der Waals surface area contributed by atoms with Crippen LogP contribution in [-0.4, -0.2) is 30.5 Å². The van der Waals surface area contributed by atoms with Gasteiger partial charge in [-0.15, -0.1) is 5.10 Å². The normalized spacial score (nSPS) is 10.8. The molecule has 2 heterocycles. The number of carbonyl (C=O) groups excluding carboxylic acids is 1. The number of hydrogen-bond donors (Lipinski definition) is 1. The molecule has 1 aromatic carbocycles. The first-order valence-corrected chi connectivity index (χ1v) is 9.02. The summed E-state index contributed by atoms with van der Waals surface area (Å²) in [6.07, 6.45) is 3.87. The maximum atomic E-state index is 12.0. The molecule has 0 aliphatic rings. The van der Waals surface area contributed by atoms with Gasteiger partial charge < -0.3 is 0 Å². The molecular formula is C17H19IN6O. The lowest BCUT2D eigenvalue weighted by Crippen LogP contribution is -2.16. The van der Waals surface area contributed by atoms with Gasteiger partial charge in [-0.2, -0.15) is 5.10 Å². The summed E-state index contributed by atoms with van der Waals surface area (Å²) in [5.74, 6) is 0.194. The van der Waals surface area contributed by atoms with Crippen molar-refractivity contribution in [3.63, 3.8) is 0 Å². The zero-order chi connectivity index (χ0) is 17.8. The molecule has 3 rings (SSSR count). The Morgan fingerprint density at radius 3 is 2.60 bits per heavy atom. The number of amides is 1. The number of carbonyl (C=O) groups is 1. The van der Waals surface area contributed by atoms with Crippen molar-refractivity contribution in [3.8, 4) is 0 Å². The van der Waals surface area contributed by atoms with Crippen molar-refractivity contribution in [1.29, 1.82) is 0 Å². The van der Waals surface area contributed by atoms with Crippen LogP contribution in [0.4, 0.5) is 5.95 Å². The second kappa shape index (κ2) is 7.77. The van der Waals surface area contributed by atoms with Crippen LogP contribution in [0.1, 0.15) is 23.2 Å². The van der Waals surface area contributed by atoms with Gasteiger partial charge >= 0.3 is 0 Å². The van der Waals surface area contributed by atoms with Crippen LogP contribution in [0, 0.1) is 17.4 Å². The molecule has 0 aliphatic heterocycles. The standard InChI is InChI=1S/C17H19IN6O/c1-12-3-5-14(6-4-12)9-24-11-19-17(22-24)20-16(25)7-8-23-10-15(18)13(2)21-23/h3-6,10-11H,7-9H2,1-2H3,(H,20,22,25). The van der Waals surface area contributed by atoms with Crippen LogP contribution in [0.3, 0.4) is 0 Å². The molecule has 3 aromatic rings. The van der Waals surface area contributed by atoms with E-state index in [1.165, 1.54) is 5.56 Å². The van der Waals surface area contributed by atoms with Crippen LogP contribution in [-0.2, 0) is 17.9 Å². The zero-order valence-electron chi connectivity index (χ0n) is 14.1. The summed E-state index contributed by atoms with van der Waals surface area (Å²) in [5.41, 5.74) is 3.33. The topological polar surface area (TPSA) is 77.6 Å². The van der Waals surface area contributed by atoms with Gasteiger partial charge in [-0.3, -0.25) is 14.8 Å². The third kappa shape index (κ3) is 4.88. The van der Waals surface area contributed by atoms with Crippen molar-refractivity contribution in [3.05, 3.63) is 57.2 Å². The molecule has 0 radical (unpaired) electrons. The van der Waals surface area contributed by atoms with E-state index in [0.717, 1.165) is 14.8 Å². The summed E-state index contributed by atoms with van der Waals surface area (Å²) in [7, 11) is 0. The van der Waals surface area contributed by atoms with Crippen LogP contribution in [0.15, 0.2) is 36.8 Å². The molecule has 7 nitrogen and oxygen atoms in total. The molecule has 0 spiro atoms. The molecule has 0 saturated carbocycles. The zero-order valence-corrected chi connectivity index (χ0v) is 16.3. The van der Waals surface area contributed by atoms with Crippen molar-refractivity contribution in [1.82, 2.24) is 24.5 Å². The lowest BCUT2D eigenvalue weighted by Gasteiger charge is -2.03. The SMILES string of the molecule is Cc1ccc(Cn2cnc(NC(=O)CCn3cc(I)c(C)n3)n2)cc1. The Hall–Kier alpha value is -2.23. The molecule has 0 saturated heterocycles. The Kier molecular flexibility index (Phi) is 5.47. The van der Waals surface area contributed by atoms with Gasteiger partial charge in [0.2, 0.25) is 11.9 Å². The Morgan fingerprint density at radius 1 is 1.16 bits per heavy atom. The van der Waals surface area contributed by atoms with E-state index in [4.69, 9.17) is 0 Å². The molecule has 8 heteroatoms. The lowest BCUT2D eigenvalue weighted by atomic mass is 10.1. The van der Waals surface area contributed by atoms with E-state index in [-0.39, 0.29) is 5.91 Å². The maximum absolute atomic E-state index is 12.0. The summed E-state index contributed by atoms with van der Waals surface area (Å²) in [4.78, 5) is 16.2. The molecule has 25 heavy (non-hydrogen) atoms. The average Bonchev–Trinajstić information content (AvgIpc) is 3.14. The summed E-state index contributed by atoms with van der Waals surface area (Å²) in [6, 6.07) is 8.24. The van der Waals surface area contributed by atoms with E-state index in [9.17, 15) is 4.79 Å². The van der Waals surface area contributed by atoms with E-state index in [1.54, 1.807) is 15.7 Å². The predicted molar refractivity (Wildman–Crippen MR) is 103 cm³/mol. The molecule has 0 unspecified atom stereocenters. The van der Waals surface area contributed by atoms with Gasteiger partial charge in [0.15, 0.2) is 0 Å².